The lowest BCUT2D eigenvalue weighted by Gasteiger charge is -2.34. The van der Waals surface area contributed by atoms with Crippen LogP contribution < -0.4 is 10.6 Å². The molecule has 34 heavy (non-hydrogen) atoms. The molecule has 0 saturated carbocycles. The lowest BCUT2D eigenvalue weighted by atomic mass is 10.0. The number of sulfonamides is 1. The average Bonchev–Trinajstić information content (AvgIpc) is 2.92. The van der Waals surface area contributed by atoms with Crippen molar-refractivity contribution in [3.8, 4) is 0 Å². The summed E-state index contributed by atoms with van der Waals surface area (Å²) in [6, 6.07) is 8.74. The molecule has 0 aliphatic carbocycles. The van der Waals surface area contributed by atoms with E-state index >= 15 is 0 Å². The molecule has 0 fully saturated rings. The molecule has 2 heterocycles. The molecule has 1 aliphatic rings. The van der Waals surface area contributed by atoms with Crippen LogP contribution in [-0.4, -0.2) is 34.7 Å². The molecule has 2 aromatic carbocycles. The number of nitrogen functional groups attached to an aromatic ring is 1. The van der Waals surface area contributed by atoms with Gasteiger partial charge in [-0.3, -0.25) is 0 Å². The van der Waals surface area contributed by atoms with Crippen molar-refractivity contribution in [3.63, 3.8) is 0 Å². The fraction of sp³-hybridized carbons (Fsp3) is 0.238. The van der Waals surface area contributed by atoms with Gasteiger partial charge in [0, 0.05) is 23.8 Å². The van der Waals surface area contributed by atoms with E-state index in [0.717, 1.165) is 12.1 Å². The minimum Gasteiger partial charge on any atom is -0.396 e. The van der Waals surface area contributed by atoms with Gasteiger partial charge in [-0.2, -0.15) is 17.5 Å². The van der Waals surface area contributed by atoms with Gasteiger partial charge in [0.1, 0.15) is 11.6 Å². The Balaban J connectivity index is 1.89. The molecule has 4 rings (SSSR count). The van der Waals surface area contributed by atoms with Crippen molar-refractivity contribution < 1.29 is 26.0 Å². The maximum Gasteiger partial charge on any atom is 0.511 e. The number of nitrogens with zero attached hydrogens (tertiary/aromatic N) is 4. The highest BCUT2D eigenvalue weighted by molar-refractivity contribution is 7.89. The van der Waals surface area contributed by atoms with E-state index in [4.69, 9.17) is 17.3 Å². The number of alkyl halides is 3. The molecule has 0 amide bonds. The molecule has 13 heteroatoms. The summed E-state index contributed by atoms with van der Waals surface area (Å²) in [5.41, 5.74) is 1.58. The van der Waals surface area contributed by atoms with E-state index in [1.165, 1.54) is 30.6 Å². The third kappa shape index (κ3) is 4.79. The van der Waals surface area contributed by atoms with Gasteiger partial charge in [0.05, 0.1) is 30.7 Å². The van der Waals surface area contributed by atoms with Gasteiger partial charge in [-0.1, -0.05) is 23.7 Å². The number of halogens is 5. The first kappa shape index (κ1) is 24.2. The summed E-state index contributed by atoms with van der Waals surface area (Å²) in [5.74, 6) is -0.243. The Hall–Kier alpha value is -2.96. The second kappa shape index (κ2) is 9.01. The molecule has 0 saturated heterocycles. The summed E-state index contributed by atoms with van der Waals surface area (Å²) in [5, 5.41) is 0.229. The largest absolute Gasteiger partial charge is 0.511 e. The van der Waals surface area contributed by atoms with Gasteiger partial charge in [0.2, 0.25) is 0 Å². The van der Waals surface area contributed by atoms with Gasteiger partial charge in [-0.05, 0) is 41.5 Å². The number of nitrogens with two attached hydrogens (primary N) is 1. The molecule has 2 N–H and O–H groups in total. The number of hydrogen-bond acceptors (Lipinski definition) is 6. The van der Waals surface area contributed by atoms with Crippen LogP contribution in [0.15, 0.2) is 54.9 Å². The number of benzene rings is 2. The summed E-state index contributed by atoms with van der Waals surface area (Å²) in [4.78, 5) is 10.0. The number of fused-ring (bicyclic) bond motifs is 1. The fourth-order valence-electron chi connectivity index (χ4n) is 3.77. The lowest BCUT2D eigenvalue weighted by molar-refractivity contribution is -0.0492. The number of anilines is 2. The van der Waals surface area contributed by atoms with Crippen LogP contribution in [0.1, 0.15) is 23.0 Å². The van der Waals surface area contributed by atoms with E-state index < -0.39 is 40.5 Å². The van der Waals surface area contributed by atoms with Crippen LogP contribution in [0.25, 0.3) is 0 Å². The van der Waals surface area contributed by atoms with Gasteiger partial charge in [0.25, 0.3) is 0 Å². The highest BCUT2D eigenvalue weighted by atomic mass is 35.5. The average molecular weight is 516 g/mol. The number of aromatic nitrogens is 2. The molecule has 1 unspecified atom stereocenters. The van der Waals surface area contributed by atoms with E-state index in [1.54, 1.807) is 17.0 Å². The number of rotatable bonds is 4. The van der Waals surface area contributed by atoms with Crippen LogP contribution in [0.3, 0.4) is 0 Å². The topological polar surface area (TPSA) is 92.4 Å². The van der Waals surface area contributed by atoms with Gasteiger partial charge in [-0.25, -0.2) is 22.8 Å². The maximum absolute atomic E-state index is 13.6. The van der Waals surface area contributed by atoms with Crippen LogP contribution in [0, 0.1) is 5.82 Å². The van der Waals surface area contributed by atoms with Crippen molar-refractivity contribution in [2.75, 3.05) is 17.2 Å². The summed E-state index contributed by atoms with van der Waals surface area (Å²) >= 11 is 6.09. The summed E-state index contributed by atoms with van der Waals surface area (Å²) in [7, 11) is -5.69. The minimum atomic E-state index is -5.69. The molecule has 180 valence electrons. The van der Waals surface area contributed by atoms with Gasteiger partial charge < -0.3 is 10.6 Å². The van der Waals surface area contributed by atoms with Crippen LogP contribution in [-0.2, 0) is 23.1 Å². The van der Waals surface area contributed by atoms with Crippen molar-refractivity contribution in [2.45, 2.75) is 24.6 Å². The van der Waals surface area contributed by atoms with E-state index in [1.807, 2.05) is 0 Å². The Kier molecular flexibility index (Phi) is 6.40. The number of hydrogen-bond donors (Lipinski definition) is 1. The fourth-order valence-corrected chi connectivity index (χ4v) is 4.90. The van der Waals surface area contributed by atoms with Crippen molar-refractivity contribution in [1.82, 2.24) is 14.3 Å². The van der Waals surface area contributed by atoms with Crippen molar-refractivity contribution in [1.29, 1.82) is 0 Å². The zero-order valence-electron chi connectivity index (χ0n) is 17.4. The second-order valence-corrected chi connectivity index (χ2v) is 10.0. The molecular weight excluding hydrogens is 498 g/mol. The SMILES string of the molecule is Nc1cnc(CN2c3ccc(Cl)cc3CN(S(=O)(=O)C(F)(F)F)CC2c2ccc(F)cc2)nc1. The Morgan fingerprint density at radius 1 is 1.09 bits per heavy atom. The van der Waals surface area contributed by atoms with Crippen LogP contribution in [0.4, 0.5) is 28.9 Å². The van der Waals surface area contributed by atoms with Crippen LogP contribution >= 0.6 is 11.6 Å². The summed E-state index contributed by atoms with van der Waals surface area (Å²) in [6.45, 7) is -1.11. The second-order valence-electron chi connectivity index (χ2n) is 7.64. The van der Waals surface area contributed by atoms with Crippen molar-refractivity contribution >= 4 is 33.0 Å². The Bertz CT molecular complexity index is 1290. The van der Waals surface area contributed by atoms with Crippen molar-refractivity contribution in [2.24, 2.45) is 0 Å². The Morgan fingerprint density at radius 2 is 1.74 bits per heavy atom. The Labute approximate surface area is 197 Å². The lowest BCUT2D eigenvalue weighted by Crippen LogP contribution is -2.43. The van der Waals surface area contributed by atoms with Gasteiger partial charge in [-0.15, -0.1) is 0 Å². The first-order valence-electron chi connectivity index (χ1n) is 9.89. The predicted octanol–water partition coefficient (Wildman–Crippen LogP) is 4.26. The molecule has 3 aromatic rings. The van der Waals surface area contributed by atoms with Gasteiger partial charge in [0.15, 0.2) is 0 Å². The third-order valence-electron chi connectivity index (χ3n) is 5.37. The summed E-state index contributed by atoms with van der Waals surface area (Å²) in [6.07, 6.45) is 2.77. The monoisotopic (exact) mass is 515 g/mol. The zero-order valence-corrected chi connectivity index (χ0v) is 18.9. The molecule has 1 aliphatic heterocycles. The molecule has 0 bridgehead atoms. The van der Waals surface area contributed by atoms with Crippen molar-refractivity contribution in [3.05, 3.63) is 82.6 Å². The predicted molar refractivity (Wildman–Crippen MR) is 119 cm³/mol. The molecule has 1 aromatic heterocycles. The van der Waals surface area contributed by atoms with Gasteiger partial charge >= 0.3 is 15.5 Å². The van der Waals surface area contributed by atoms with E-state index in [-0.39, 0.29) is 17.1 Å². The molecule has 1 atom stereocenters. The maximum atomic E-state index is 13.6. The molecular formula is C21H18ClF4N5O2S. The first-order valence-corrected chi connectivity index (χ1v) is 11.7. The molecule has 0 spiro atoms. The van der Waals surface area contributed by atoms with E-state index in [9.17, 15) is 26.0 Å². The minimum absolute atomic E-state index is 0.0108. The summed E-state index contributed by atoms with van der Waals surface area (Å²) < 4.78 is 79.4. The smallest absolute Gasteiger partial charge is 0.396 e. The normalized spacial score (nSPS) is 17.3. The third-order valence-corrected chi connectivity index (χ3v) is 7.15. The quantitative estimate of drug-likeness (QED) is 0.522. The molecule has 0 radical (unpaired) electrons. The first-order chi connectivity index (χ1) is 16.0. The zero-order chi connectivity index (χ0) is 24.7. The highest BCUT2D eigenvalue weighted by Gasteiger charge is 2.51. The van der Waals surface area contributed by atoms with Crippen LogP contribution in [0.5, 0.6) is 0 Å². The Morgan fingerprint density at radius 3 is 2.35 bits per heavy atom. The van der Waals surface area contributed by atoms with E-state index in [2.05, 4.69) is 9.97 Å². The van der Waals surface area contributed by atoms with Crippen LogP contribution in [0.2, 0.25) is 5.02 Å². The highest BCUT2D eigenvalue weighted by Crippen LogP contribution is 2.40. The molecule has 7 nitrogen and oxygen atoms in total. The van der Waals surface area contributed by atoms with E-state index in [0.29, 0.717) is 27.1 Å². The standard InChI is InChI=1S/C21H18ClF4N5O2S/c22-15-3-6-18-14(7-15)10-30(34(32,33)21(24,25)26)11-19(13-1-4-16(23)5-2-13)31(18)12-20-28-8-17(27)9-29-20/h1-9,19H,10-12,27H2.